The number of methoxy groups -OCH3 is 1. The van der Waals surface area contributed by atoms with E-state index in [0.717, 1.165) is 7.11 Å². The molecule has 2 amide bonds. The molecule has 2 unspecified atom stereocenters. The van der Waals surface area contributed by atoms with Gasteiger partial charge in [0.2, 0.25) is 0 Å². The van der Waals surface area contributed by atoms with E-state index in [2.05, 4.69) is 9.47 Å². The lowest BCUT2D eigenvalue weighted by molar-refractivity contribution is 0.0236. The van der Waals surface area contributed by atoms with Gasteiger partial charge in [-0.25, -0.2) is 32.5 Å². The van der Waals surface area contributed by atoms with Gasteiger partial charge in [-0.05, 0) is 52.0 Å². The first-order valence-electron chi connectivity index (χ1n) is 9.34. The number of carbonyl (C=O) groups excluding carboxylic acids is 3. The first kappa shape index (κ1) is 23.5. The predicted octanol–water partition coefficient (Wildman–Crippen LogP) is 4.39. The number of rotatable bonds is 5. The Labute approximate surface area is 172 Å². The average molecular weight is 431 g/mol. The van der Waals surface area contributed by atoms with E-state index in [1.807, 2.05) is 0 Å². The minimum Gasteiger partial charge on any atom is -0.462 e. The summed E-state index contributed by atoms with van der Waals surface area (Å²) in [6.07, 6.45) is -1.76. The summed E-state index contributed by atoms with van der Waals surface area (Å²) in [6, 6.07) is 0.590. The summed E-state index contributed by atoms with van der Waals surface area (Å²) in [5, 5.41) is 0. The van der Waals surface area contributed by atoms with Gasteiger partial charge >= 0.3 is 18.2 Å². The molecule has 2 atom stereocenters. The second kappa shape index (κ2) is 8.93. The third kappa shape index (κ3) is 5.22. The van der Waals surface area contributed by atoms with Crippen LogP contribution >= 0.6 is 0 Å². The Morgan fingerprint density at radius 3 is 2.30 bits per heavy atom. The number of hydrogen-bond donors (Lipinski definition) is 0. The van der Waals surface area contributed by atoms with Crippen LogP contribution < -0.4 is 0 Å². The third-order valence-corrected chi connectivity index (χ3v) is 4.41. The number of hydrogen-bond acceptors (Lipinski definition) is 6. The molecule has 0 spiro atoms. The highest BCUT2D eigenvalue weighted by molar-refractivity contribution is 5.90. The maximum absolute atomic E-state index is 14.5. The van der Waals surface area contributed by atoms with E-state index < -0.39 is 64.2 Å². The van der Waals surface area contributed by atoms with Crippen LogP contribution in [0.15, 0.2) is 6.07 Å². The van der Waals surface area contributed by atoms with Crippen molar-refractivity contribution in [3.63, 3.8) is 0 Å². The van der Waals surface area contributed by atoms with Gasteiger partial charge in [0.25, 0.3) is 0 Å². The normalized spacial score (nSPS) is 17.9. The predicted molar refractivity (Wildman–Crippen MR) is 98.5 cm³/mol. The summed E-state index contributed by atoms with van der Waals surface area (Å²) in [5.41, 5.74) is -2.26. The molecule has 1 aromatic rings. The summed E-state index contributed by atoms with van der Waals surface area (Å²) < 4.78 is 57.6. The number of carbonyl (C=O) groups is 3. The molecular formula is C20H24F3NO6. The van der Waals surface area contributed by atoms with Gasteiger partial charge in [-0.3, -0.25) is 0 Å². The topological polar surface area (TPSA) is 82.1 Å². The van der Waals surface area contributed by atoms with Gasteiger partial charge in [0.05, 0.1) is 13.7 Å². The van der Waals surface area contributed by atoms with Crippen LogP contribution in [0, 0.1) is 23.4 Å². The Morgan fingerprint density at radius 1 is 1.13 bits per heavy atom. The number of amides is 2. The van der Waals surface area contributed by atoms with Crippen LogP contribution in [0.2, 0.25) is 0 Å². The van der Waals surface area contributed by atoms with Crippen LogP contribution in [0.25, 0.3) is 0 Å². The van der Waals surface area contributed by atoms with Gasteiger partial charge < -0.3 is 14.2 Å². The third-order valence-electron chi connectivity index (χ3n) is 4.41. The number of nitrogens with zero attached hydrogens (tertiary/aromatic N) is 1. The van der Waals surface area contributed by atoms with Gasteiger partial charge in [0, 0.05) is 12.1 Å². The van der Waals surface area contributed by atoms with Gasteiger partial charge in [0.1, 0.15) is 17.0 Å². The van der Waals surface area contributed by atoms with Crippen molar-refractivity contribution in [2.24, 2.45) is 5.92 Å². The van der Waals surface area contributed by atoms with E-state index in [4.69, 9.17) is 4.74 Å². The van der Waals surface area contributed by atoms with E-state index in [-0.39, 0.29) is 19.6 Å². The lowest BCUT2D eigenvalue weighted by atomic mass is 10.0. The fraction of sp³-hybridized carbons (Fsp3) is 0.550. The average Bonchev–Trinajstić information content (AvgIpc) is 3.39. The molecule has 0 bridgehead atoms. The number of esters is 1. The Kier molecular flexibility index (Phi) is 6.99. The second-order valence-electron chi connectivity index (χ2n) is 7.83. The summed E-state index contributed by atoms with van der Waals surface area (Å²) >= 11 is 0. The molecule has 2 rings (SSSR count). The number of halogens is 3. The zero-order valence-electron chi connectivity index (χ0n) is 17.4. The van der Waals surface area contributed by atoms with Gasteiger partial charge in [0.15, 0.2) is 11.6 Å². The SMILES string of the molecule is CCOC(=O)c1cc(F)c(C2CC2CN(C(=O)OC)C(=O)OC(C)(C)C)c(F)c1F. The molecule has 0 saturated heterocycles. The van der Waals surface area contributed by atoms with Crippen molar-refractivity contribution in [3.8, 4) is 0 Å². The highest BCUT2D eigenvalue weighted by atomic mass is 19.2. The minimum absolute atomic E-state index is 0.0814. The Bertz CT molecular complexity index is 852. The van der Waals surface area contributed by atoms with Crippen LogP contribution in [-0.4, -0.2) is 48.9 Å². The van der Waals surface area contributed by atoms with Crippen molar-refractivity contribution in [1.29, 1.82) is 0 Å². The lowest BCUT2D eigenvalue weighted by Crippen LogP contribution is -2.42. The van der Waals surface area contributed by atoms with Gasteiger partial charge in [-0.1, -0.05) is 0 Å². The summed E-state index contributed by atoms with van der Waals surface area (Å²) in [4.78, 5) is 36.6. The highest BCUT2D eigenvalue weighted by Crippen LogP contribution is 2.50. The molecule has 1 saturated carbocycles. The Morgan fingerprint density at radius 2 is 1.77 bits per heavy atom. The zero-order chi connectivity index (χ0) is 22.8. The molecule has 1 aromatic carbocycles. The summed E-state index contributed by atoms with van der Waals surface area (Å²) in [7, 11) is 1.08. The summed E-state index contributed by atoms with van der Waals surface area (Å²) in [6.45, 7) is 5.99. The first-order chi connectivity index (χ1) is 13.9. The smallest absolute Gasteiger partial charge is 0.419 e. The fourth-order valence-electron chi connectivity index (χ4n) is 2.99. The quantitative estimate of drug-likeness (QED) is 0.391. The molecule has 0 N–H and O–H groups in total. The second-order valence-corrected chi connectivity index (χ2v) is 7.83. The van der Waals surface area contributed by atoms with Crippen LogP contribution in [-0.2, 0) is 14.2 Å². The molecule has 7 nitrogen and oxygen atoms in total. The fourth-order valence-corrected chi connectivity index (χ4v) is 2.99. The van der Waals surface area contributed by atoms with Crippen LogP contribution in [0.1, 0.15) is 56.0 Å². The van der Waals surface area contributed by atoms with Crippen LogP contribution in [0.3, 0.4) is 0 Å². The largest absolute Gasteiger partial charge is 0.462 e. The van der Waals surface area contributed by atoms with E-state index in [0.29, 0.717) is 11.0 Å². The van der Waals surface area contributed by atoms with Crippen molar-refractivity contribution >= 4 is 18.2 Å². The lowest BCUT2D eigenvalue weighted by Gasteiger charge is -2.25. The van der Waals surface area contributed by atoms with Crippen molar-refractivity contribution in [2.45, 2.75) is 45.6 Å². The Hall–Kier alpha value is -2.78. The molecule has 1 fully saturated rings. The maximum atomic E-state index is 14.5. The molecule has 0 heterocycles. The van der Waals surface area contributed by atoms with Crippen LogP contribution in [0.4, 0.5) is 22.8 Å². The molecule has 30 heavy (non-hydrogen) atoms. The monoisotopic (exact) mass is 431 g/mol. The molecule has 166 valence electrons. The Balaban J connectivity index is 2.22. The number of ether oxygens (including phenoxy) is 3. The van der Waals surface area contributed by atoms with Gasteiger partial charge in [-0.2, -0.15) is 0 Å². The van der Waals surface area contributed by atoms with E-state index in [1.165, 1.54) is 6.92 Å². The first-order valence-corrected chi connectivity index (χ1v) is 9.34. The van der Waals surface area contributed by atoms with Crippen molar-refractivity contribution < 1.29 is 41.8 Å². The highest BCUT2D eigenvalue weighted by Gasteiger charge is 2.46. The van der Waals surface area contributed by atoms with Crippen LogP contribution in [0.5, 0.6) is 0 Å². The van der Waals surface area contributed by atoms with Crippen molar-refractivity contribution in [2.75, 3.05) is 20.3 Å². The zero-order valence-corrected chi connectivity index (χ0v) is 17.4. The summed E-state index contributed by atoms with van der Waals surface area (Å²) in [5.74, 6) is -6.60. The van der Waals surface area contributed by atoms with Crippen molar-refractivity contribution in [3.05, 3.63) is 34.6 Å². The maximum Gasteiger partial charge on any atom is 0.419 e. The van der Waals surface area contributed by atoms with E-state index >= 15 is 0 Å². The van der Waals surface area contributed by atoms with Crippen molar-refractivity contribution in [1.82, 2.24) is 4.90 Å². The molecule has 0 aliphatic heterocycles. The van der Waals surface area contributed by atoms with E-state index in [1.54, 1.807) is 20.8 Å². The minimum atomic E-state index is -1.51. The number of imide groups is 1. The van der Waals surface area contributed by atoms with Gasteiger partial charge in [-0.15, -0.1) is 0 Å². The number of benzene rings is 1. The molecule has 0 aromatic heterocycles. The molecule has 1 aliphatic carbocycles. The van der Waals surface area contributed by atoms with E-state index in [9.17, 15) is 27.6 Å². The molecule has 1 aliphatic rings. The molecule has 0 radical (unpaired) electrons. The molecular weight excluding hydrogens is 407 g/mol. The molecule has 10 heteroatoms. The standard InChI is InChI=1S/C20H24F3NO6/c1-6-29-17(25)12-8-13(21)14(16(23)15(12)22)11-7-10(11)9-24(18(26)28-5)19(27)30-20(2,3)4/h8,10-11H,6-7,9H2,1-5H3.